The van der Waals surface area contributed by atoms with Crippen molar-refractivity contribution in [3.8, 4) is 6.07 Å². The van der Waals surface area contributed by atoms with E-state index in [-0.39, 0.29) is 11.9 Å². The van der Waals surface area contributed by atoms with Gasteiger partial charge in [-0.25, -0.2) is 0 Å². The molecule has 0 N–H and O–H groups in total. The van der Waals surface area contributed by atoms with Crippen molar-refractivity contribution in [2.45, 2.75) is 25.4 Å². The SMILES string of the molecule is N#Cc1ccc(CN2CCC[C@@H]2C(=O)N2CCOCC2)cc1. The van der Waals surface area contributed by atoms with Gasteiger partial charge in [0.05, 0.1) is 30.9 Å². The molecule has 0 unspecified atom stereocenters. The summed E-state index contributed by atoms with van der Waals surface area (Å²) in [4.78, 5) is 16.9. The van der Waals surface area contributed by atoms with Crippen molar-refractivity contribution in [1.82, 2.24) is 9.80 Å². The van der Waals surface area contributed by atoms with Gasteiger partial charge in [-0.3, -0.25) is 9.69 Å². The van der Waals surface area contributed by atoms with E-state index < -0.39 is 0 Å². The smallest absolute Gasteiger partial charge is 0.240 e. The number of benzene rings is 1. The topological polar surface area (TPSA) is 56.6 Å². The van der Waals surface area contributed by atoms with Crippen molar-refractivity contribution in [2.24, 2.45) is 0 Å². The maximum Gasteiger partial charge on any atom is 0.240 e. The Morgan fingerprint density at radius 2 is 1.95 bits per heavy atom. The molecule has 1 atom stereocenters. The van der Waals surface area contributed by atoms with E-state index in [4.69, 9.17) is 10.00 Å². The molecule has 2 saturated heterocycles. The molecule has 3 rings (SSSR count). The van der Waals surface area contributed by atoms with Crippen molar-refractivity contribution in [3.63, 3.8) is 0 Å². The number of carbonyl (C=O) groups excluding carboxylic acids is 1. The van der Waals surface area contributed by atoms with E-state index >= 15 is 0 Å². The van der Waals surface area contributed by atoms with Crippen LogP contribution in [0, 0.1) is 11.3 Å². The van der Waals surface area contributed by atoms with E-state index in [1.54, 1.807) is 0 Å². The maximum absolute atomic E-state index is 12.7. The number of ether oxygens (including phenoxy) is 1. The van der Waals surface area contributed by atoms with E-state index in [0.717, 1.165) is 31.5 Å². The van der Waals surface area contributed by atoms with Crippen LogP contribution >= 0.6 is 0 Å². The molecule has 0 aromatic heterocycles. The van der Waals surface area contributed by atoms with Gasteiger partial charge in [0.1, 0.15) is 0 Å². The summed E-state index contributed by atoms with van der Waals surface area (Å²) in [6.07, 6.45) is 2.00. The number of nitriles is 1. The molecule has 5 heteroatoms. The van der Waals surface area contributed by atoms with Gasteiger partial charge in [-0.15, -0.1) is 0 Å². The second-order valence-corrected chi connectivity index (χ2v) is 5.87. The average Bonchev–Trinajstić information content (AvgIpc) is 3.04. The number of hydrogen-bond acceptors (Lipinski definition) is 4. The highest BCUT2D eigenvalue weighted by Gasteiger charge is 2.34. The molecule has 0 spiro atoms. The molecule has 1 aromatic carbocycles. The largest absolute Gasteiger partial charge is 0.378 e. The first-order chi connectivity index (χ1) is 10.8. The quantitative estimate of drug-likeness (QED) is 0.846. The van der Waals surface area contributed by atoms with Crippen LogP contribution in [-0.4, -0.2) is 54.6 Å². The zero-order chi connectivity index (χ0) is 15.4. The van der Waals surface area contributed by atoms with Crippen LogP contribution in [0.25, 0.3) is 0 Å². The van der Waals surface area contributed by atoms with Gasteiger partial charge in [-0.05, 0) is 37.1 Å². The Labute approximate surface area is 131 Å². The number of nitrogens with zero attached hydrogens (tertiary/aromatic N) is 3. The minimum Gasteiger partial charge on any atom is -0.378 e. The molecule has 5 nitrogen and oxygen atoms in total. The van der Waals surface area contributed by atoms with Gasteiger partial charge in [0.25, 0.3) is 0 Å². The lowest BCUT2D eigenvalue weighted by Gasteiger charge is -2.32. The molecule has 2 fully saturated rings. The normalized spacial score (nSPS) is 22.5. The van der Waals surface area contributed by atoms with Crippen LogP contribution in [0.5, 0.6) is 0 Å². The fourth-order valence-corrected chi connectivity index (χ4v) is 3.21. The van der Waals surface area contributed by atoms with E-state index in [9.17, 15) is 4.79 Å². The highest BCUT2D eigenvalue weighted by molar-refractivity contribution is 5.82. The molecule has 116 valence electrons. The first-order valence-corrected chi connectivity index (χ1v) is 7.87. The Morgan fingerprint density at radius 3 is 2.64 bits per heavy atom. The molecule has 0 saturated carbocycles. The van der Waals surface area contributed by atoms with Gasteiger partial charge in [0.15, 0.2) is 0 Å². The van der Waals surface area contributed by atoms with Gasteiger partial charge in [-0.2, -0.15) is 5.26 Å². The zero-order valence-corrected chi connectivity index (χ0v) is 12.7. The first kappa shape index (κ1) is 15.0. The van der Waals surface area contributed by atoms with E-state index in [0.29, 0.717) is 31.9 Å². The van der Waals surface area contributed by atoms with Crippen molar-refractivity contribution in [3.05, 3.63) is 35.4 Å². The summed E-state index contributed by atoms with van der Waals surface area (Å²) in [5, 5.41) is 8.85. The summed E-state index contributed by atoms with van der Waals surface area (Å²) in [5.41, 5.74) is 1.83. The highest BCUT2D eigenvalue weighted by Crippen LogP contribution is 2.22. The molecular weight excluding hydrogens is 278 g/mol. The minimum atomic E-state index is -0.00579. The molecule has 2 aliphatic rings. The third-order valence-corrected chi connectivity index (χ3v) is 4.44. The summed E-state index contributed by atoms with van der Waals surface area (Å²) < 4.78 is 5.32. The standard InChI is InChI=1S/C17H21N3O2/c18-12-14-3-5-15(6-4-14)13-20-7-1-2-16(20)17(21)19-8-10-22-11-9-19/h3-6,16H,1-2,7-11,13H2/t16-/m1/s1. The van der Waals surface area contributed by atoms with Crippen molar-refractivity contribution < 1.29 is 9.53 Å². The minimum absolute atomic E-state index is 0.00579. The zero-order valence-electron chi connectivity index (χ0n) is 12.7. The molecule has 2 heterocycles. The number of morpholine rings is 1. The monoisotopic (exact) mass is 299 g/mol. The first-order valence-electron chi connectivity index (χ1n) is 7.87. The summed E-state index contributed by atoms with van der Waals surface area (Å²) in [6.45, 7) is 4.44. The average molecular weight is 299 g/mol. The van der Waals surface area contributed by atoms with E-state index in [1.165, 1.54) is 0 Å². The van der Waals surface area contributed by atoms with Crippen LogP contribution in [0.2, 0.25) is 0 Å². The maximum atomic E-state index is 12.7. The summed E-state index contributed by atoms with van der Waals surface area (Å²) in [5.74, 6) is 0.245. The van der Waals surface area contributed by atoms with Gasteiger partial charge in [0, 0.05) is 19.6 Å². The second kappa shape index (κ2) is 6.91. The lowest BCUT2D eigenvalue weighted by Crippen LogP contribution is -2.49. The van der Waals surface area contributed by atoms with Crippen LogP contribution in [0.15, 0.2) is 24.3 Å². The van der Waals surface area contributed by atoms with Crippen LogP contribution in [0.1, 0.15) is 24.0 Å². The molecule has 0 radical (unpaired) electrons. The molecule has 1 amide bonds. The number of rotatable bonds is 3. The fourth-order valence-electron chi connectivity index (χ4n) is 3.21. The van der Waals surface area contributed by atoms with Gasteiger partial charge in [0.2, 0.25) is 5.91 Å². The summed E-state index contributed by atoms with van der Waals surface area (Å²) in [6, 6.07) is 9.76. The van der Waals surface area contributed by atoms with Crippen molar-refractivity contribution in [1.29, 1.82) is 5.26 Å². The van der Waals surface area contributed by atoms with Crippen molar-refractivity contribution >= 4 is 5.91 Å². The Balaban J connectivity index is 1.64. The third-order valence-electron chi connectivity index (χ3n) is 4.44. The second-order valence-electron chi connectivity index (χ2n) is 5.87. The number of carbonyl (C=O) groups is 1. The van der Waals surface area contributed by atoms with E-state index in [1.807, 2.05) is 29.2 Å². The molecule has 1 aromatic rings. The summed E-state index contributed by atoms with van der Waals surface area (Å²) in [7, 11) is 0. The number of amides is 1. The van der Waals surface area contributed by atoms with Gasteiger partial charge < -0.3 is 9.64 Å². The molecule has 22 heavy (non-hydrogen) atoms. The van der Waals surface area contributed by atoms with Gasteiger partial charge in [-0.1, -0.05) is 12.1 Å². The third kappa shape index (κ3) is 3.29. The summed E-state index contributed by atoms with van der Waals surface area (Å²) >= 11 is 0. The Bertz CT molecular complexity index is 558. The lowest BCUT2D eigenvalue weighted by atomic mass is 10.1. The number of hydrogen-bond donors (Lipinski definition) is 0. The molecule has 0 bridgehead atoms. The Hall–Kier alpha value is -1.90. The van der Waals surface area contributed by atoms with Crippen LogP contribution in [-0.2, 0) is 16.1 Å². The lowest BCUT2D eigenvalue weighted by molar-refractivity contribution is -0.140. The Kier molecular flexibility index (Phi) is 4.71. The predicted octanol–water partition coefficient (Wildman–Crippen LogP) is 1.38. The predicted molar refractivity (Wildman–Crippen MR) is 82.0 cm³/mol. The Morgan fingerprint density at radius 1 is 1.23 bits per heavy atom. The molecule has 0 aliphatic carbocycles. The highest BCUT2D eigenvalue weighted by atomic mass is 16.5. The van der Waals surface area contributed by atoms with Crippen LogP contribution in [0.3, 0.4) is 0 Å². The fraction of sp³-hybridized carbons (Fsp3) is 0.529. The molecular formula is C17H21N3O2. The van der Waals surface area contributed by atoms with Gasteiger partial charge >= 0.3 is 0 Å². The molecule has 2 aliphatic heterocycles. The number of likely N-dealkylation sites (tertiary alicyclic amines) is 1. The van der Waals surface area contributed by atoms with E-state index in [2.05, 4.69) is 11.0 Å². The van der Waals surface area contributed by atoms with Crippen LogP contribution < -0.4 is 0 Å². The van der Waals surface area contributed by atoms with Crippen molar-refractivity contribution in [2.75, 3.05) is 32.8 Å². The van der Waals surface area contributed by atoms with Crippen LogP contribution in [0.4, 0.5) is 0 Å².